The fraction of sp³-hybridized carbons (Fsp3) is 0.455. The molecule has 0 aliphatic carbocycles. The molecule has 18 heavy (non-hydrogen) atoms. The Balaban J connectivity index is 3.31. The molecular weight excluding hydrogens is 342 g/mol. The molecule has 1 rings (SSSR count). The van der Waals surface area contributed by atoms with Crippen LogP contribution in [0.5, 0.6) is 5.75 Å². The Labute approximate surface area is 121 Å². The first-order chi connectivity index (χ1) is 8.31. The van der Waals surface area contributed by atoms with E-state index in [1.165, 1.54) is 13.2 Å². The number of hydrogen-bond donors (Lipinski definition) is 1. The minimum Gasteiger partial charge on any atom is -0.494 e. The van der Waals surface area contributed by atoms with Gasteiger partial charge in [0.15, 0.2) is 5.75 Å². The molecule has 1 N–H and O–H groups in total. The lowest BCUT2D eigenvalue weighted by Gasteiger charge is -2.15. The zero-order valence-corrected chi connectivity index (χ0v) is 13.5. The van der Waals surface area contributed by atoms with Crippen LogP contribution >= 0.6 is 27.5 Å². The summed E-state index contributed by atoms with van der Waals surface area (Å²) in [6.45, 7) is 3.70. The van der Waals surface area contributed by atoms with E-state index in [2.05, 4.69) is 20.7 Å². The van der Waals surface area contributed by atoms with Gasteiger partial charge in [-0.15, -0.1) is 0 Å². The summed E-state index contributed by atoms with van der Waals surface area (Å²) in [7, 11) is -2.24. The Bertz CT molecular complexity index is 533. The van der Waals surface area contributed by atoms with Gasteiger partial charge in [0.1, 0.15) is 4.90 Å². The predicted octanol–water partition coefficient (Wildman–Crippen LogP) is 3.19. The van der Waals surface area contributed by atoms with Gasteiger partial charge in [-0.1, -0.05) is 18.5 Å². The van der Waals surface area contributed by atoms with Gasteiger partial charge in [0.2, 0.25) is 10.0 Å². The first-order valence-corrected chi connectivity index (χ1v) is 8.02. The van der Waals surface area contributed by atoms with Crippen molar-refractivity contribution in [3.8, 4) is 5.75 Å². The van der Waals surface area contributed by atoms with Crippen molar-refractivity contribution in [3.63, 3.8) is 0 Å². The van der Waals surface area contributed by atoms with Gasteiger partial charge in [-0.2, -0.15) is 0 Å². The maximum absolute atomic E-state index is 12.2. The predicted molar refractivity (Wildman–Crippen MR) is 75.8 cm³/mol. The van der Waals surface area contributed by atoms with E-state index in [1.807, 2.05) is 6.92 Å². The molecule has 0 aliphatic rings. The number of hydrogen-bond acceptors (Lipinski definition) is 3. The van der Waals surface area contributed by atoms with Gasteiger partial charge in [-0.25, -0.2) is 13.1 Å². The third-order valence-electron chi connectivity index (χ3n) is 2.44. The second kappa shape index (κ2) is 6.23. The molecule has 0 radical (unpaired) electrons. The van der Waals surface area contributed by atoms with Crippen molar-refractivity contribution < 1.29 is 13.2 Å². The normalized spacial score (nSPS) is 13.4. The molecular formula is C11H15BrClNO3S. The highest BCUT2D eigenvalue weighted by Crippen LogP contribution is 2.35. The van der Waals surface area contributed by atoms with E-state index in [1.54, 1.807) is 13.0 Å². The molecule has 0 saturated carbocycles. The van der Waals surface area contributed by atoms with Crippen molar-refractivity contribution in [2.75, 3.05) is 7.11 Å². The number of benzene rings is 1. The van der Waals surface area contributed by atoms with Crippen molar-refractivity contribution in [1.82, 2.24) is 4.72 Å². The lowest BCUT2D eigenvalue weighted by atomic mass is 10.3. The molecule has 1 aromatic carbocycles. The van der Waals surface area contributed by atoms with Crippen LogP contribution in [0.25, 0.3) is 0 Å². The van der Waals surface area contributed by atoms with Gasteiger partial charge in [0.05, 0.1) is 11.6 Å². The van der Waals surface area contributed by atoms with Crippen LogP contribution in [0.3, 0.4) is 0 Å². The van der Waals surface area contributed by atoms with E-state index in [4.69, 9.17) is 16.3 Å². The van der Waals surface area contributed by atoms with E-state index in [9.17, 15) is 8.42 Å². The Hall–Kier alpha value is -0.300. The average Bonchev–Trinajstić information content (AvgIpc) is 2.27. The smallest absolute Gasteiger partial charge is 0.244 e. The Morgan fingerprint density at radius 1 is 1.50 bits per heavy atom. The van der Waals surface area contributed by atoms with Gasteiger partial charge in [-0.05, 0) is 41.4 Å². The number of halogens is 2. The molecule has 0 aromatic heterocycles. The van der Waals surface area contributed by atoms with Gasteiger partial charge >= 0.3 is 0 Å². The van der Waals surface area contributed by atoms with E-state index in [0.717, 1.165) is 0 Å². The van der Waals surface area contributed by atoms with Crippen molar-refractivity contribution in [2.24, 2.45) is 0 Å². The van der Waals surface area contributed by atoms with Crippen LogP contribution in [0, 0.1) is 0 Å². The molecule has 0 fully saturated rings. The third-order valence-corrected chi connectivity index (χ3v) is 4.84. The van der Waals surface area contributed by atoms with Crippen LogP contribution in [-0.2, 0) is 10.0 Å². The molecule has 1 atom stereocenters. The number of rotatable bonds is 5. The fourth-order valence-electron chi connectivity index (χ4n) is 1.35. The lowest BCUT2D eigenvalue weighted by molar-refractivity contribution is 0.399. The standard InChI is InChI=1S/C11H15BrClNO3S/c1-4-7(2)14-18(15,16)10-6-8(13)5-9(12)11(10)17-3/h5-7,14H,4H2,1-3H3. The topological polar surface area (TPSA) is 55.4 Å². The molecule has 0 amide bonds. The number of nitrogens with one attached hydrogen (secondary N) is 1. The van der Waals surface area contributed by atoms with Crippen LogP contribution in [0.4, 0.5) is 0 Å². The van der Waals surface area contributed by atoms with Crippen LogP contribution in [-0.4, -0.2) is 21.6 Å². The summed E-state index contributed by atoms with van der Waals surface area (Å²) in [4.78, 5) is 0.0321. The maximum atomic E-state index is 12.2. The highest BCUT2D eigenvalue weighted by Gasteiger charge is 2.23. The molecule has 0 saturated heterocycles. The quantitative estimate of drug-likeness (QED) is 0.881. The first kappa shape index (κ1) is 15.8. The Kier molecular flexibility index (Phi) is 5.46. The van der Waals surface area contributed by atoms with Crippen molar-refractivity contribution >= 4 is 37.6 Å². The number of sulfonamides is 1. The molecule has 0 heterocycles. The Morgan fingerprint density at radius 3 is 2.61 bits per heavy atom. The van der Waals surface area contributed by atoms with E-state index >= 15 is 0 Å². The highest BCUT2D eigenvalue weighted by molar-refractivity contribution is 9.10. The summed E-state index contributed by atoms with van der Waals surface area (Å²) in [6.07, 6.45) is 0.698. The molecule has 0 bridgehead atoms. The molecule has 4 nitrogen and oxygen atoms in total. The summed E-state index contributed by atoms with van der Waals surface area (Å²) in [5.41, 5.74) is 0. The van der Waals surface area contributed by atoms with Crippen molar-refractivity contribution in [1.29, 1.82) is 0 Å². The summed E-state index contributed by atoms with van der Waals surface area (Å²) >= 11 is 9.11. The summed E-state index contributed by atoms with van der Waals surface area (Å²) in [5.74, 6) is 0.246. The van der Waals surface area contributed by atoms with Crippen molar-refractivity contribution in [3.05, 3.63) is 21.6 Å². The largest absolute Gasteiger partial charge is 0.494 e. The zero-order valence-electron chi connectivity index (χ0n) is 10.3. The van der Waals surface area contributed by atoms with Crippen LogP contribution in [0.2, 0.25) is 5.02 Å². The van der Waals surface area contributed by atoms with E-state index in [0.29, 0.717) is 15.9 Å². The van der Waals surface area contributed by atoms with E-state index < -0.39 is 10.0 Å². The number of methoxy groups -OCH3 is 1. The fourth-order valence-corrected chi connectivity index (χ4v) is 4.06. The SMILES string of the molecule is CCC(C)NS(=O)(=O)c1cc(Cl)cc(Br)c1OC. The molecule has 1 unspecified atom stereocenters. The molecule has 0 spiro atoms. The second-order valence-corrected chi connectivity index (χ2v) is 6.82. The van der Waals surface area contributed by atoms with Crippen LogP contribution in [0.15, 0.2) is 21.5 Å². The maximum Gasteiger partial charge on any atom is 0.244 e. The van der Waals surface area contributed by atoms with Crippen LogP contribution in [0.1, 0.15) is 20.3 Å². The van der Waals surface area contributed by atoms with Gasteiger partial charge in [0.25, 0.3) is 0 Å². The van der Waals surface area contributed by atoms with Gasteiger partial charge in [0, 0.05) is 11.1 Å². The molecule has 0 aliphatic heterocycles. The molecule has 7 heteroatoms. The molecule has 102 valence electrons. The van der Waals surface area contributed by atoms with Gasteiger partial charge in [-0.3, -0.25) is 0 Å². The highest BCUT2D eigenvalue weighted by atomic mass is 79.9. The zero-order chi connectivity index (χ0) is 13.9. The minimum absolute atomic E-state index is 0.0321. The third kappa shape index (κ3) is 3.60. The van der Waals surface area contributed by atoms with Crippen molar-refractivity contribution in [2.45, 2.75) is 31.2 Å². The first-order valence-electron chi connectivity index (χ1n) is 5.37. The lowest BCUT2D eigenvalue weighted by Crippen LogP contribution is -2.32. The summed E-state index contributed by atoms with van der Waals surface area (Å²) in [6, 6.07) is 2.80. The summed E-state index contributed by atoms with van der Waals surface area (Å²) < 4.78 is 32.6. The van der Waals surface area contributed by atoms with E-state index in [-0.39, 0.29) is 16.7 Å². The molecule has 1 aromatic rings. The number of ether oxygens (including phenoxy) is 1. The van der Waals surface area contributed by atoms with Gasteiger partial charge < -0.3 is 4.74 Å². The van der Waals surface area contributed by atoms with Crippen LogP contribution < -0.4 is 9.46 Å². The average molecular weight is 357 g/mol. The monoisotopic (exact) mass is 355 g/mol. The summed E-state index contributed by atoms with van der Waals surface area (Å²) in [5, 5.41) is 0.326. The Morgan fingerprint density at radius 2 is 2.11 bits per heavy atom. The minimum atomic E-state index is -3.65. The second-order valence-electron chi connectivity index (χ2n) is 3.85.